The fraction of sp³-hybridized carbons (Fsp3) is 0.467. The van der Waals surface area contributed by atoms with E-state index in [1.54, 1.807) is 0 Å². The quantitative estimate of drug-likeness (QED) is 0.723. The predicted molar refractivity (Wildman–Crippen MR) is 77.5 cm³/mol. The van der Waals surface area contributed by atoms with Crippen molar-refractivity contribution in [2.24, 2.45) is 5.73 Å². The lowest BCUT2D eigenvalue weighted by Gasteiger charge is -2.10. The first-order valence-corrected chi connectivity index (χ1v) is 7.09. The van der Waals surface area contributed by atoms with Crippen molar-refractivity contribution < 1.29 is 4.52 Å². The molecule has 0 radical (unpaired) electrons. The molecule has 0 aliphatic carbocycles. The van der Waals surface area contributed by atoms with Crippen molar-refractivity contribution in [3.8, 4) is 0 Å². The lowest BCUT2D eigenvalue weighted by atomic mass is 9.99. The monoisotopic (exact) mass is 275 g/mol. The molecular formula is C15H21N3O2. The number of hydrogen-bond donors (Lipinski definition) is 2. The molecule has 108 valence electrons. The first kappa shape index (κ1) is 14.5. The first-order chi connectivity index (χ1) is 9.79. The van der Waals surface area contributed by atoms with E-state index in [4.69, 9.17) is 5.73 Å². The Bertz CT molecular complexity index is 548. The molecule has 0 spiro atoms. The third-order valence-electron chi connectivity index (χ3n) is 3.49. The molecule has 0 bridgehead atoms. The molecule has 0 saturated carbocycles. The Labute approximate surface area is 118 Å². The smallest absolute Gasteiger partial charge is 0.330 e. The van der Waals surface area contributed by atoms with Crippen LogP contribution in [0.4, 0.5) is 0 Å². The Balaban J connectivity index is 1.68. The van der Waals surface area contributed by atoms with Crippen molar-refractivity contribution in [1.82, 2.24) is 10.1 Å². The van der Waals surface area contributed by atoms with Crippen LogP contribution in [-0.2, 0) is 6.42 Å². The van der Waals surface area contributed by atoms with Gasteiger partial charge >= 0.3 is 5.76 Å². The van der Waals surface area contributed by atoms with Crippen molar-refractivity contribution >= 4 is 0 Å². The second-order valence-electron chi connectivity index (χ2n) is 5.00. The number of unbranched alkanes of at least 4 members (excludes halogenated alkanes) is 2. The van der Waals surface area contributed by atoms with Gasteiger partial charge in [0.25, 0.3) is 0 Å². The second-order valence-corrected chi connectivity index (χ2v) is 5.00. The number of aromatic nitrogens is 2. The molecule has 0 aliphatic heterocycles. The van der Waals surface area contributed by atoms with Gasteiger partial charge in [-0.05, 0) is 24.8 Å². The molecule has 20 heavy (non-hydrogen) atoms. The van der Waals surface area contributed by atoms with Gasteiger partial charge in [-0.25, -0.2) is 4.79 Å². The topological polar surface area (TPSA) is 84.9 Å². The van der Waals surface area contributed by atoms with Crippen molar-refractivity contribution in [3.63, 3.8) is 0 Å². The Morgan fingerprint density at radius 1 is 1.20 bits per heavy atom. The highest BCUT2D eigenvalue weighted by Gasteiger charge is 2.14. The number of aryl methyl sites for hydroxylation is 1. The zero-order valence-corrected chi connectivity index (χ0v) is 11.5. The summed E-state index contributed by atoms with van der Waals surface area (Å²) >= 11 is 0. The number of nitrogens with two attached hydrogens (primary N) is 1. The summed E-state index contributed by atoms with van der Waals surface area (Å²) in [5, 5.41) is 3.71. The lowest BCUT2D eigenvalue weighted by Crippen LogP contribution is -2.15. The van der Waals surface area contributed by atoms with Gasteiger partial charge < -0.3 is 5.73 Å². The fourth-order valence-electron chi connectivity index (χ4n) is 2.32. The van der Waals surface area contributed by atoms with Gasteiger partial charge in [0.2, 0.25) is 0 Å². The van der Waals surface area contributed by atoms with Crippen LogP contribution in [0, 0.1) is 0 Å². The summed E-state index contributed by atoms with van der Waals surface area (Å²) in [6.07, 6.45) is 5.41. The van der Waals surface area contributed by atoms with Crippen LogP contribution in [-0.4, -0.2) is 16.7 Å². The molecular weight excluding hydrogens is 254 g/mol. The van der Waals surface area contributed by atoms with E-state index in [2.05, 4.69) is 38.9 Å². The summed E-state index contributed by atoms with van der Waals surface area (Å²) in [6.45, 7) is 0.473. The number of H-pyrrole nitrogens is 1. The first-order valence-electron chi connectivity index (χ1n) is 7.09. The van der Waals surface area contributed by atoms with Crippen LogP contribution < -0.4 is 11.5 Å². The number of rotatable bonds is 8. The number of benzene rings is 1. The van der Waals surface area contributed by atoms with E-state index >= 15 is 0 Å². The van der Waals surface area contributed by atoms with Gasteiger partial charge in [0.1, 0.15) is 0 Å². The highest BCUT2D eigenvalue weighted by Crippen LogP contribution is 2.18. The highest BCUT2D eigenvalue weighted by molar-refractivity contribution is 5.14. The van der Waals surface area contributed by atoms with E-state index in [9.17, 15) is 4.79 Å². The number of aromatic amines is 1. The lowest BCUT2D eigenvalue weighted by molar-refractivity contribution is 0.375. The van der Waals surface area contributed by atoms with Crippen molar-refractivity contribution in [2.75, 3.05) is 6.54 Å². The van der Waals surface area contributed by atoms with Gasteiger partial charge in [0.05, 0.1) is 0 Å². The third kappa shape index (κ3) is 4.35. The number of nitrogens with zero attached hydrogens (tertiary/aromatic N) is 1. The van der Waals surface area contributed by atoms with Crippen LogP contribution >= 0.6 is 0 Å². The zero-order valence-electron chi connectivity index (χ0n) is 11.5. The van der Waals surface area contributed by atoms with Crippen LogP contribution in [0.25, 0.3) is 0 Å². The molecule has 1 heterocycles. The molecule has 3 N–H and O–H groups in total. The number of hydrogen-bond acceptors (Lipinski definition) is 4. The molecule has 0 aliphatic rings. The molecule has 2 aromatic rings. The number of nitrogens with one attached hydrogen (secondary N) is 1. The molecule has 0 saturated heterocycles. The van der Waals surface area contributed by atoms with Crippen molar-refractivity contribution in [2.45, 2.75) is 38.0 Å². The standard InChI is InChI=1S/C15H21N3O2/c16-11-13(14-17-15(19)20-18-14)10-6-2-5-9-12-7-3-1-4-8-12/h1,3-4,7-8,13H,2,5-6,9-11,16H2,(H,17,18,19). The molecule has 1 unspecified atom stereocenters. The van der Waals surface area contributed by atoms with Gasteiger partial charge in [-0.3, -0.25) is 9.51 Å². The molecule has 1 aromatic carbocycles. The van der Waals surface area contributed by atoms with Crippen LogP contribution in [0.15, 0.2) is 39.6 Å². The van der Waals surface area contributed by atoms with Crippen molar-refractivity contribution in [1.29, 1.82) is 0 Å². The van der Waals surface area contributed by atoms with Gasteiger partial charge in [-0.1, -0.05) is 48.3 Å². The van der Waals surface area contributed by atoms with E-state index in [0.29, 0.717) is 12.4 Å². The van der Waals surface area contributed by atoms with E-state index in [0.717, 1.165) is 32.1 Å². The molecule has 1 aromatic heterocycles. The Morgan fingerprint density at radius 2 is 2.00 bits per heavy atom. The Kier molecular flexibility index (Phi) is 5.55. The van der Waals surface area contributed by atoms with Crippen molar-refractivity contribution in [3.05, 3.63) is 52.3 Å². The van der Waals surface area contributed by atoms with Gasteiger partial charge in [0.15, 0.2) is 5.82 Å². The summed E-state index contributed by atoms with van der Waals surface area (Å²) in [4.78, 5) is 13.5. The maximum atomic E-state index is 10.9. The minimum absolute atomic E-state index is 0.0816. The summed E-state index contributed by atoms with van der Waals surface area (Å²) in [5.74, 6) is 0.140. The van der Waals surface area contributed by atoms with E-state index in [1.165, 1.54) is 5.56 Å². The average molecular weight is 275 g/mol. The highest BCUT2D eigenvalue weighted by atomic mass is 16.5. The van der Waals surface area contributed by atoms with Gasteiger partial charge in [0, 0.05) is 12.5 Å². The normalized spacial score (nSPS) is 12.4. The van der Waals surface area contributed by atoms with Crippen LogP contribution in [0.1, 0.15) is 43.0 Å². The van der Waals surface area contributed by atoms with Crippen LogP contribution in [0.5, 0.6) is 0 Å². The summed E-state index contributed by atoms with van der Waals surface area (Å²) in [7, 11) is 0. The van der Waals surface area contributed by atoms with E-state index in [1.807, 2.05) is 6.07 Å². The molecule has 2 rings (SSSR count). The Morgan fingerprint density at radius 3 is 2.65 bits per heavy atom. The zero-order chi connectivity index (χ0) is 14.2. The van der Waals surface area contributed by atoms with Crippen LogP contribution in [0.2, 0.25) is 0 Å². The van der Waals surface area contributed by atoms with Gasteiger partial charge in [-0.2, -0.15) is 0 Å². The maximum absolute atomic E-state index is 10.9. The summed E-state index contributed by atoms with van der Waals surface area (Å²) in [6, 6.07) is 10.5. The second kappa shape index (κ2) is 7.65. The van der Waals surface area contributed by atoms with Crippen LogP contribution in [0.3, 0.4) is 0 Å². The largest absolute Gasteiger partial charge is 0.438 e. The summed E-state index contributed by atoms with van der Waals surface area (Å²) in [5.41, 5.74) is 7.09. The fourth-order valence-corrected chi connectivity index (χ4v) is 2.32. The van der Waals surface area contributed by atoms with E-state index in [-0.39, 0.29) is 5.92 Å². The molecule has 0 amide bonds. The molecule has 5 heteroatoms. The third-order valence-corrected chi connectivity index (χ3v) is 3.49. The maximum Gasteiger partial charge on any atom is 0.438 e. The minimum Gasteiger partial charge on any atom is -0.330 e. The molecule has 1 atom stereocenters. The minimum atomic E-state index is -0.512. The summed E-state index contributed by atoms with van der Waals surface area (Å²) < 4.78 is 4.52. The van der Waals surface area contributed by atoms with E-state index < -0.39 is 5.76 Å². The molecule has 0 fully saturated rings. The average Bonchev–Trinajstić information content (AvgIpc) is 2.90. The Hall–Kier alpha value is -1.88. The molecule has 5 nitrogen and oxygen atoms in total. The predicted octanol–water partition coefficient (Wildman–Crippen LogP) is 2.21. The van der Waals surface area contributed by atoms with Gasteiger partial charge in [-0.15, -0.1) is 0 Å². The SMILES string of the molecule is NCC(CCCCCc1ccccc1)c1noc(=O)[nH]1.